The first kappa shape index (κ1) is 16.6. The number of ketones is 1. The third-order valence-electron chi connectivity index (χ3n) is 2.71. The first-order valence-corrected chi connectivity index (χ1v) is 6.18. The number of Topliss-reactive ketones (excluding diaryl/α,β-unsaturated/α-hetero) is 1. The van der Waals surface area contributed by atoms with Gasteiger partial charge in [0.1, 0.15) is 0 Å². The van der Waals surface area contributed by atoms with Crippen molar-refractivity contribution in [1.29, 1.82) is 0 Å². The number of likely N-dealkylation sites (N-methyl/N-ethyl adjacent to an activating group) is 2. The van der Waals surface area contributed by atoms with Crippen LogP contribution < -0.4 is 0 Å². The molecule has 0 aromatic carbocycles. The molecule has 0 saturated heterocycles. The van der Waals surface area contributed by atoms with Crippen LogP contribution in [0.3, 0.4) is 0 Å². The lowest BCUT2D eigenvalue weighted by Crippen LogP contribution is -2.42. The number of carbonyl (C=O) groups is 3. The summed E-state index contributed by atoms with van der Waals surface area (Å²) in [5, 5.41) is 0. The number of amides is 2. The zero-order chi connectivity index (χ0) is 14.5. The molecule has 0 aliphatic carbocycles. The lowest BCUT2D eigenvalue weighted by atomic mass is 10.1. The molecule has 0 fully saturated rings. The second-order valence-corrected chi connectivity index (χ2v) is 5.22. The highest BCUT2D eigenvalue weighted by molar-refractivity contribution is 5.89. The van der Waals surface area contributed by atoms with E-state index in [1.807, 2.05) is 0 Å². The second kappa shape index (κ2) is 7.13. The summed E-state index contributed by atoms with van der Waals surface area (Å²) in [4.78, 5) is 37.7. The summed E-state index contributed by atoms with van der Waals surface area (Å²) in [6.45, 7) is 7.29. The van der Waals surface area contributed by atoms with Crippen LogP contribution in [0.1, 0.15) is 27.7 Å². The quantitative estimate of drug-likeness (QED) is 0.706. The third kappa shape index (κ3) is 5.29. The van der Waals surface area contributed by atoms with E-state index in [-0.39, 0.29) is 42.5 Å². The van der Waals surface area contributed by atoms with Crippen molar-refractivity contribution < 1.29 is 14.4 Å². The fourth-order valence-electron chi connectivity index (χ4n) is 1.35. The molecule has 2 amide bonds. The third-order valence-corrected chi connectivity index (χ3v) is 2.71. The number of hydrogen-bond acceptors (Lipinski definition) is 3. The van der Waals surface area contributed by atoms with Crippen LogP contribution in [-0.2, 0) is 14.4 Å². The summed E-state index contributed by atoms with van der Waals surface area (Å²) in [5.74, 6) is -0.503. The first-order chi connectivity index (χ1) is 8.16. The van der Waals surface area contributed by atoms with Gasteiger partial charge in [0.25, 0.3) is 0 Å². The molecule has 0 aliphatic heterocycles. The Morgan fingerprint density at radius 1 is 0.833 bits per heavy atom. The van der Waals surface area contributed by atoms with Crippen molar-refractivity contribution in [2.75, 3.05) is 27.2 Å². The maximum atomic E-state index is 11.8. The average molecular weight is 256 g/mol. The molecule has 0 bridgehead atoms. The highest BCUT2D eigenvalue weighted by atomic mass is 16.2. The minimum absolute atomic E-state index is 0.0128. The molecule has 18 heavy (non-hydrogen) atoms. The Morgan fingerprint density at radius 3 is 1.72 bits per heavy atom. The van der Waals surface area contributed by atoms with Gasteiger partial charge in [-0.3, -0.25) is 14.4 Å². The minimum atomic E-state index is -0.222. The van der Waals surface area contributed by atoms with Gasteiger partial charge < -0.3 is 9.80 Å². The number of nitrogens with zero attached hydrogens (tertiary/aromatic N) is 2. The Balaban J connectivity index is 4.32. The topological polar surface area (TPSA) is 57.7 Å². The van der Waals surface area contributed by atoms with Crippen molar-refractivity contribution >= 4 is 17.6 Å². The Morgan fingerprint density at radius 2 is 1.33 bits per heavy atom. The van der Waals surface area contributed by atoms with Crippen LogP contribution in [0.2, 0.25) is 0 Å². The molecule has 0 aromatic rings. The molecule has 0 heterocycles. The monoisotopic (exact) mass is 256 g/mol. The summed E-state index contributed by atoms with van der Waals surface area (Å²) < 4.78 is 0. The zero-order valence-electron chi connectivity index (χ0n) is 12.2. The predicted molar refractivity (Wildman–Crippen MR) is 70.0 cm³/mol. The van der Waals surface area contributed by atoms with Crippen LogP contribution in [0, 0.1) is 11.8 Å². The zero-order valence-corrected chi connectivity index (χ0v) is 12.2. The molecule has 0 rings (SSSR count). The van der Waals surface area contributed by atoms with Gasteiger partial charge in [0.05, 0.1) is 13.1 Å². The maximum Gasteiger partial charge on any atom is 0.242 e. The van der Waals surface area contributed by atoms with E-state index in [0.717, 1.165) is 0 Å². The smallest absolute Gasteiger partial charge is 0.242 e. The van der Waals surface area contributed by atoms with E-state index in [4.69, 9.17) is 0 Å². The van der Waals surface area contributed by atoms with Crippen molar-refractivity contribution in [3.05, 3.63) is 0 Å². The molecule has 0 aromatic heterocycles. The van der Waals surface area contributed by atoms with Crippen LogP contribution in [0.5, 0.6) is 0 Å². The average Bonchev–Trinajstić information content (AvgIpc) is 2.26. The molecule has 5 nitrogen and oxygen atoms in total. The van der Waals surface area contributed by atoms with Crippen molar-refractivity contribution in [2.45, 2.75) is 27.7 Å². The molecule has 0 N–H and O–H groups in total. The Hall–Kier alpha value is -1.39. The van der Waals surface area contributed by atoms with Gasteiger partial charge in [0.2, 0.25) is 11.8 Å². The molecule has 0 spiro atoms. The van der Waals surface area contributed by atoms with Crippen molar-refractivity contribution in [1.82, 2.24) is 9.80 Å². The molecule has 5 heteroatoms. The number of carbonyl (C=O) groups excluding carboxylic acids is 3. The fraction of sp³-hybridized carbons (Fsp3) is 0.769. The van der Waals surface area contributed by atoms with E-state index in [9.17, 15) is 14.4 Å². The largest absolute Gasteiger partial charge is 0.337 e. The van der Waals surface area contributed by atoms with Gasteiger partial charge in [-0.15, -0.1) is 0 Å². The molecule has 0 atom stereocenters. The fourth-order valence-corrected chi connectivity index (χ4v) is 1.35. The van der Waals surface area contributed by atoms with Gasteiger partial charge in [-0.05, 0) is 0 Å². The summed E-state index contributed by atoms with van der Waals surface area (Å²) in [6.07, 6.45) is 0. The standard InChI is InChI=1S/C13H24N2O3/c1-9(2)11(16)7-14(5)12(17)8-15(6)13(18)10(3)4/h9-10H,7-8H2,1-6H3. The molecule has 0 radical (unpaired) electrons. The van der Waals surface area contributed by atoms with Crippen LogP contribution in [0.15, 0.2) is 0 Å². The van der Waals surface area contributed by atoms with E-state index in [2.05, 4.69) is 0 Å². The summed E-state index contributed by atoms with van der Waals surface area (Å²) in [6, 6.07) is 0. The lowest BCUT2D eigenvalue weighted by molar-refractivity contribution is -0.141. The van der Waals surface area contributed by atoms with Gasteiger partial charge >= 0.3 is 0 Å². The van der Waals surface area contributed by atoms with Crippen molar-refractivity contribution in [3.8, 4) is 0 Å². The van der Waals surface area contributed by atoms with E-state index in [1.54, 1.807) is 41.8 Å². The van der Waals surface area contributed by atoms with Gasteiger partial charge in [-0.25, -0.2) is 0 Å². The Bertz CT molecular complexity index is 324. The predicted octanol–water partition coefficient (Wildman–Crippen LogP) is 0.784. The van der Waals surface area contributed by atoms with E-state index in [1.165, 1.54) is 9.80 Å². The normalized spacial score (nSPS) is 10.7. The van der Waals surface area contributed by atoms with Gasteiger partial charge in [-0.1, -0.05) is 27.7 Å². The van der Waals surface area contributed by atoms with Gasteiger partial charge in [0.15, 0.2) is 5.78 Å². The van der Waals surface area contributed by atoms with Crippen LogP contribution in [0.4, 0.5) is 0 Å². The highest BCUT2D eigenvalue weighted by Crippen LogP contribution is 2.01. The Labute approximate surface area is 109 Å². The van der Waals surface area contributed by atoms with E-state index >= 15 is 0 Å². The molecular weight excluding hydrogens is 232 g/mol. The van der Waals surface area contributed by atoms with Crippen LogP contribution in [0.25, 0.3) is 0 Å². The minimum Gasteiger partial charge on any atom is -0.337 e. The number of rotatable bonds is 6. The molecule has 0 aliphatic rings. The van der Waals surface area contributed by atoms with Gasteiger partial charge in [0, 0.05) is 25.9 Å². The highest BCUT2D eigenvalue weighted by Gasteiger charge is 2.20. The molecule has 0 saturated carbocycles. The summed E-state index contributed by atoms with van der Waals surface area (Å²) >= 11 is 0. The van der Waals surface area contributed by atoms with Crippen LogP contribution in [-0.4, -0.2) is 54.6 Å². The van der Waals surface area contributed by atoms with E-state index < -0.39 is 0 Å². The lowest BCUT2D eigenvalue weighted by Gasteiger charge is -2.23. The van der Waals surface area contributed by atoms with Gasteiger partial charge in [-0.2, -0.15) is 0 Å². The molecule has 104 valence electrons. The van der Waals surface area contributed by atoms with Crippen molar-refractivity contribution in [3.63, 3.8) is 0 Å². The second-order valence-electron chi connectivity index (χ2n) is 5.22. The Kier molecular flexibility index (Phi) is 6.58. The number of hydrogen-bond donors (Lipinski definition) is 0. The molecular formula is C13H24N2O3. The van der Waals surface area contributed by atoms with Crippen LogP contribution >= 0.6 is 0 Å². The first-order valence-electron chi connectivity index (χ1n) is 6.18. The van der Waals surface area contributed by atoms with Crippen molar-refractivity contribution in [2.24, 2.45) is 11.8 Å². The SMILES string of the molecule is CC(C)C(=O)CN(C)C(=O)CN(C)C(=O)C(C)C. The van der Waals surface area contributed by atoms with E-state index in [0.29, 0.717) is 0 Å². The summed E-state index contributed by atoms with van der Waals surface area (Å²) in [7, 11) is 3.18. The molecule has 0 unspecified atom stereocenters. The maximum absolute atomic E-state index is 11.8. The summed E-state index contributed by atoms with van der Waals surface area (Å²) in [5.41, 5.74) is 0.